The van der Waals surface area contributed by atoms with E-state index in [2.05, 4.69) is 10.4 Å². The lowest BCUT2D eigenvalue weighted by atomic mass is 10.2. The Kier molecular flexibility index (Phi) is 3.50. The summed E-state index contributed by atoms with van der Waals surface area (Å²) in [5, 5.41) is 7.20. The SMILES string of the molecule is CCn1nc(C)c(C(=O)NC(C)C)c1C. The third kappa shape index (κ3) is 2.37. The fraction of sp³-hybridized carbons (Fsp3) is 0.636. The van der Waals surface area contributed by atoms with Crippen LogP contribution in [0.1, 0.15) is 42.5 Å². The second-order valence-corrected chi connectivity index (χ2v) is 3.99. The summed E-state index contributed by atoms with van der Waals surface area (Å²) in [6, 6.07) is 0.154. The van der Waals surface area contributed by atoms with Gasteiger partial charge in [0.05, 0.1) is 11.3 Å². The molecule has 15 heavy (non-hydrogen) atoms. The standard InChI is InChI=1S/C11H19N3O/c1-6-14-9(5)10(8(4)13-14)11(15)12-7(2)3/h7H,6H2,1-5H3,(H,12,15). The van der Waals surface area contributed by atoms with Crippen molar-refractivity contribution in [3.8, 4) is 0 Å². The minimum absolute atomic E-state index is 0.0281. The summed E-state index contributed by atoms with van der Waals surface area (Å²) in [6.45, 7) is 10.5. The molecule has 4 heteroatoms. The van der Waals surface area contributed by atoms with E-state index < -0.39 is 0 Å². The van der Waals surface area contributed by atoms with Crippen molar-refractivity contribution in [2.75, 3.05) is 0 Å². The van der Waals surface area contributed by atoms with Crippen molar-refractivity contribution in [1.82, 2.24) is 15.1 Å². The minimum Gasteiger partial charge on any atom is -0.350 e. The highest BCUT2D eigenvalue weighted by Gasteiger charge is 2.18. The molecular weight excluding hydrogens is 190 g/mol. The zero-order valence-electron chi connectivity index (χ0n) is 10.1. The van der Waals surface area contributed by atoms with E-state index in [1.807, 2.05) is 39.3 Å². The predicted molar refractivity (Wildman–Crippen MR) is 60.0 cm³/mol. The summed E-state index contributed by atoms with van der Waals surface area (Å²) >= 11 is 0. The summed E-state index contributed by atoms with van der Waals surface area (Å²) in [5.41, 5.74) is 2.45. The fourth-order valence-corrected chi connectivity index (χ4v) is 1.67. The molecule has 0 spiro atoms. The van der Waals surface area contributed by atoms with E-state index in [4.69, 9.17) is 0 Å². The zero-order chi connectivity index (χ0) is 11.6. The lowest BCUT2D eigenvalue weighted by Crippen LogP contribution is -2.30. The van der Waals surface area contributed by atoms with Crippen molar-refractivity contribution in [1.29, 1.82) is 0 Å². The molecule has 1 amide bonds. The first-order valence-corrected chi connectivity index (χ1v) is 5.32. The van der Waals surface area contributed by atoms with Gasteiger partial charge >= 0.3 is 0 Å². The van der Waals surface area contributed by atoms with E-state index in [-0.39, 0.29) is 11.9 Å². The van der Waals surface area contributed by atoms with Crippen LogP contribution in [0.5, 0.6) is 0 Å². The number of carbonyl (C=O) groups excluding carboxylic acids is 1. The molecule has 0 aliphatic heterocycles. The summed E-state index contributed by atoms with van der Waals surface area (Å²) in [6.07, 6.45) is 0. The molecule has 0 aliphatic rings. The Morgan fingerprint density at radius 3 is 2.47 bits per heavy atom. The van der Waals surface area contributed by atoms with Crippen molar-refractivity contribution < 1.29 is 4.79 Å². The van der Waals surface area contributed by atoms with Crippen LogP contribution >= 0.6 is 0 Å². The van der Waals surface area contributed by atoms with Gasteiger partial charge in [-0.25, -0.2) is 0 Å². The van der Waals surface area contributed by atoms with Gasteiger partial charge in [-0.1, -0.05) is 0 Å². The molecular formula is C11H19N3O. The molecule has 0 aliphatic carbocycles. The van der Waals surface area contributed by atoms with E-state index in [9.17, 15) is 4.79 Å². The molecule has 0 bridgehead atoms. The minimum atomic E-state index is -0.0281. The van der Waals surface area contributed by atoms with Crippen LogP contribution in [0.3, 0.4) is 0 Å². The molecule has 1 rings (SSSR count). The van der Waals surface area contributed by atoms with E-state index in [1.54, 1.807) is 0 Å². The Bertz CT molecular complexity index is 366. The molecule has 1 N–H and O–H groups in total. The summed E-state index contributed by atoms with van der Waals surface area (Å²) in [7, 11) is 0. The number of aromatic nitrogens is 2. The van der Waals surface area contributed by atoms with Crippen LogP contribution in [-0.4, -0.2) is 21.7 Å². The lowest BCUT2D eigenvalue weighted by molar-refractivity contribution is 0.0942. The highest BCUT2D eigenvalue weighted by atomic mass is 16.1. The maximum absolute atomic E-state index is 11.9. The van der Waals surface area contributed by atoms with Gasteiger partial charge in [0.2, 0.25) is 0 Å². The molecule has 1 aromatic heterocycles. The van der Waals surface area contributed by atoms with Crippen molar-refractivity contribution in [3.63, 3.8) is 0 Å². The van der Waals surface area contributed by atoms with Crippen molar-refractivity contribution in [3.05, 3.63) is 17.0 Å². The first-order valence-electron chi connectivity index (χ1n) is 5.32. The van der Waals surface area contributed by atoms with Gasteiger partial charge in [-0.05, 0) is 34.6 Å². The van der Waals surface area contributed by atoms with Gasteiger partial charge in [-0.3, -0.25) is 9.48 Å². The number of nitrogens with one attached hydrogen (secondary N) is 1. The molecule has 1 aromatic rings. The fourth-order valence-electron chi connectivity index (χ4n) is 1.67. The second-order valence-electron chi connectivity index (χ2n) is 3.99. The van der Waals surface area contributed by atoms with Gasteiger partial charge in [-0.15, -0.1) is 0 Å². The molecule has 0 saturated carbocycles. The molecule has 0 atom stereocenters. The van der Waals surface area contributed by atoms with Crippen LogP contribution in [0.25, 0.3) is 0 Å². The Morgan fingerprint density at radius 2 is 2.07 bits per heavy atom. The molecule has 4 nitrogen and oxygen atoms in total. The van der Waals surface area contributed by atoms with Gasteiger partial charge < -0.3 is 5.32 Å². The summed E-state index contributed by atoms with van der Waals surface area (Å²) < 4.78 is 1.85. The Morgan fingerprint density at radius 1 is 1.47 bits per heavy atom. The number of rotatable bonds is 3. The van der Waals surface area contributed by atoms with Gasteiger partial charge in [0.1, 0.15) is 0 Å². The van der Waals surface area contributed by atoms with Crippen LogP contribution in [0.4, 0.5) is 0 Å². The van der Waals surface area contributed by atoms with Crippen molar-refractivity contribution in [2.45, 2.75) is 47.2 Å². The zero-order valence-corrected chi connectivity index (χ0v) is 10.1. The van der Waals surface area contributed by atoms with E-state index in [0.29, 0.717) is 5.56 Å². The van der Waals surface area contributed by atoms with Crippen molar-refractivity contribution >= 4 is 5.91 Å². The maximum Gasteiger partial charge on any atom is 0.255 e. The molecule has 0 saturated heterocycles. The molecule has 84 valence electrons. The Balaban J connectivity index is 3.03. The van der Waals surface area contributed by atoms with Crippen LogP contribution in [0.15, 0.2) is 0 Å². The highest BCUT2D eigenvalue weighted by Crippen LogP contribution is 2.12. The average molecular weight is 209 g/mol. The number of aryl methyl sites for hydroxylation is 2. The quantitative estimate of drug-likeness (QED) is 0.823. The number of nitrogens with zero attached hydrogens (tertiary/aromatic N) is 2. The predicted octanol–water partition coefficient (Wildman–Crippen LogP) is 1.66. The van der Waals surface area contributed by atoms with Gasteiger partial charge in [0.25, 0.3) is 5.91 Å². The molecule has 0 unspecified atom stereocenters. The van der Waals surface area contributed by atoms with E-state index in [1.165, 1.54) is 0 Å². The molecule has 0 fully saturated rings. The topological polar surface area (TPSA) is 46.9 Å². The normalized spacial score (nSPS) is 10.8. The second kappa shape index (κ2) is 4.47. The van der Waals surface area contributed by atoms with Crippen LogP contribution in [0.2, 0.25) is 0 Å². The monoisotopic (exact) mass is 209 g/mol. The molecule has 1 heterocycles. The molecule has 0 radical (unpaired) electrons. The lowest BCUT2D eigenvalue weighted by Gasteiger charge is -2.08. The van der Waals surface area contributed by atoms with Gasteiger partial charge in [-0.2, -0.15) is 5.10 Å². The Labute approximate surface area is 90.7 Å². The van der Waals surface area contributed by atoms with E-state index in [0.717, 1.165) is 17.9 Å². The van der Waals surface area contributed by atoms with Gasteiger partial charge in [0.15, 0.2) is 0 Å². The maximum atomic E-state index is 11.9. The summed E-state index contributed by atoms with van der Waals surface area (Å²) in [4.78, 5) is 11.9. The summed E-state index contributed by atoms with van der Waals surface area (Å²) in [5.74, 6) is -0.0281. The third-order valence-corrected chi connectivity index (χ3v) is 2.33. The highest BCUT2D eigenvalue weighted by molar-refractivity contribution is 5.96. The van der Waals surface area contributed by atoms with Crippen LogP contribution in [-0.2, 0) is 6.54 Å². The van der Waals surface area contributed by atoms with Gasteiger partial charge in [0, 0.05) is 18.3 Å². The largest absolute Gasteiger partial charge is 0.350 e. The number of carbonyl (C=O) groups is 1. The van der Waals surface area contributed by atoms with Crippen LogP contribution in [0, 0.1) is 13.8 Å². The number of amides is 1. The first-order chi connectivity index (χ1) is 6.97. The molecule has 0 aromatic carbocycles. The Hall–Kier alpha value is -1.32. The first kappa shape index (κ1) is 11.8. The average Bonchev–Trinajstić information content (AvgIpc) is 2.40. The van der Waals surface area contributed by atoms with Crippen molar-refractivity contribution in [2.24, 2.45) is 0 Å². The van der Waals surface area contributed by atoms with Crippen LogP contribution < -0.4 is 5.32 Å². The smallest absolute Gasteiger partial charge is 0.255 e. The third-order valence-electron chi connectivity index (χ3n) is 2.33. The number of hydrogen-bond donors (Lipinski definition) is 1. The van der Waals surface area contributed by atoms with E-state index >= 15 is 0 Å². The number of hydrogen-bond acceptors (Lipinski definition) is 2.